The fraction of sp³-hybridized carbons (Fsp3) is 0.222. The second-order valence-electron chi connectivity index (χ2n) is 4.73. The number of esters is 1. The lowest BCUT2D eigenvalue weighted by molar-refractivity contribution is -0.136. The highest BCUT2D eigenvalue weighted by Gasteiger charge is 2.12. The van der Waals surface area contributed by atoms with Crippen LogP contribution in [0.3, 0.4) is 0 Å². The average Bonchev–Trinajstić information content (AvgIpc) is 2.56. The van der Waals surface area contributed by atoms with Crippen molar-refractivity contribution in [3.63, 3.8) is 0 Å². The van der Waals surface area contributed by atoms with Crippen LogP contribution in [0.15, 0.2) is 42.5 Å². The molecule has 0 unspecified atom stereocenters. The van der Waals surface area contributed by atoms with E-state index in [4.69, 9.17) is 19.5 Å². The molecule has 0 bridgehead atoms. The molecule has 0 saturated heterocycles. The monoisotopic (exact) mass is 311 g/mol. The predicted molar refractivity (Wildman–Crippen MR) is 84.6 cm³/mol. The molecule has 0 N–H and O–H groups in total. The van der Waals surface area contributed by atoms with Crippen molar-refractivity contribution < 1.29 is 19.0 Å². The molecular weight excluding hydrogens is 294 g/mol. The van der Waals surface area contributed by atoms with Crippen LogP contribution in [-0.2, 0) is 4.79 Å². The molecule has 5 heteroatoms. The Kier molecular flexibility index (Phi) is 5.59. The molecule has 2 rings (SSSR count). The van der Waals surface area contributed by atoms with Gasteiger partial charge in [0, 0.05) is 6.07 Å². The number of nitriles is 1. The molecule has 0 fully saturated rings. The normalized spacial score (nSPS) is 9.78. The fourth-order valence-electron chi connectivity index (χ4n) is 1.94. The highest BCUT2D eigenvalue weighted by Crippen LogP contribution is 2.28. The maximum atomic E-state index is 11.9. The van der Waals surface area contributed by atoms with Crippen molar-refractivity contribution >= 4 is 5.97 Å². The number of carbonyl (C=O) groups excluding carboxylic acids is 1. The zero-order chi connectivity index (χ0) is 16.7. The van der Waals surface area contributed by atoms with Gasteiger partial charge in [-0.3, -0.25) is 0 Å². The van der Waals surface area contributed by atoms with Crippen LogP contribution in [-0.4, -0.2) is 19.2 Å². The standard InChI is InChI=1S/C18H17NO4/c1-3-21-17-10-14(11-19)8-9-16(17)23-18(20)12-22-15-7-5-4-6-13(15)2/h4-10H,3,12H2,1-2H3. The van der Waals surface area contributed by atoms with Crippen LogP contribution in [0.25, 0.3) is 0 Å². The molecule has 0 aliphatic heterocycles. The van der Waals surface area contributed by atoms with Gasteiger partial charge in [0.05, 0.1) is 18.2 Å². The largest absolute Gasteiger partial charge is 0.490 e. The number of hydrogen-bond acceptors (Lipinski definition) is 5. The number of ether oxygens (including phenoxy) is 3. The van der Waals surface area contributed by atoms with Crippen LogP contribution >= 0.6 is 0 Å². The van der Waals surface area contributed by atoms with Crippen LogP contribution < -0.4 is 14.2 Å². The van der Waals surface area contributed by atoms with Crippen molar-refractivity contribution in [2.75, 3.05) is 13.2 Å². The van der Waals surface area contributed by atoms with E-state index in [-0.39, 0.29) is 12.4 Å². The summed E-state index contributed by atoms with van der Waals surface area (Å²) in [5.74, 6) is 0.716. The Morgan fingerprint density at radius 1 is 1.09 bits per heavy atom. The molecule has 0 heterocycles. The molecule has 0 spiro atoms. The second kappa shape index (κ2) is 7.85. The topological polar surface area (TPSA) is 68.5 Å². The molecule has 5 nitrogen and oxygen atoms in total. The van der Waals surface area contributed by atoms with Gasteiger partial charge in [0.25, 0.3) is 0 Å². The minimum atomic E-state index is -0.543. The number of nitrogens with zero attached hydrogens (tertiary/aromatic N) is 1. The van der Waals surface area contributed by atoms with E-state index in [0.717, 1.165) is 5.56 Å². The smallest absolute Gasteiger partial charge is 0.349 e. The van der Waals surface area contributed by atoms with E-state index < -0.39 is 5.97 Å². The van der Waals surface area contributed by atoms with Gasteiger partial charge in [-0.25, -0.2) is 4.79 Å². The Morgan fingerprint density at radius 3 is 2.57 bits per heavy atom. The highest BCUT2D eigenvalue weighted by molar-refractivity contribution is 5.75. The second-order valence-corrected chi connectivity index (χ2v) is 4.73. The summed E-state index contributed by atoms with van der Waals surface area (Å²) in [6.07, 6.45) is 0. The molecule has 2 aromatic carbocycles. The minimum Gasteiger partial charge on any atom is -0.490 e. The van der Waals surface area contributed by atoms with E-state index in [1.807, 2.05) is 38.1 Å². The minimum absolute atomic E-state index is 0.212. The highest BCUT2D eigenvalue weighted by atomic mass is 16.6. The lowest BCUT2D eigenvalue weighted by Gasteiger charge is -2.12. The summed E-state index contributed by atoms with van der Waals surface area (Å²) in [6, 6.07) is 14.1. The molecule has 0 atom stereocenters. The van der Waals surface area contributed by atoms with Gasteiger partial charge >= 0.3 is 5.97 Å². The number of para-hydroxylation sites is 1. The molecule has 23 heavy (non-hydrogen) atoms. The first-order chi connectivity index (χ1) is 11.1. The Bertz CT molecular complexity index is 734. The summed E-state index contributed by atoms with van der Waals surface area (Å²) in [5, 5.41) is 8.91. The Hall–Kier alpha value is -3.00. The number of benzene rings is 2. The Labute approximate surface area is 135 Å². The summed E-state index contributed by atoms with van der Waals surface area (Å²) in [7, 11) is 0. The van der Waals surface area contributed by atoms with Gasteiger partial charge in [-0.1, -0.05) is 18.2 Å². The van der Waals surface area contributed by atoms with Gasteiger partial charge in [-0.2, -0.15) is 5.26 Å². The lowest BCUT2D eigenvalue weighted by atomic mass is 10.2. The quantitative estimate of drug-likeness (QED) is 0.605. The molecular formula is C18H17NO4. The van der Waals surface area contributed by atoms with Crippen molar-refractivity contribution in [2.24, 2.45) is 0 Å². The molecule has 0 radical (unpaired) electrons. The summed E-state index contributed by atoms with van der Waals surface area (Å²) in [4.78, 5) is 11.9. The first-order valence-electron chi connectivity index (χ1n) is 7.20. The van der Waals surface area contributed by atoms with E-state index >= 15 is 0 Å². The number of carbonyl (C=O) groups is 1. The zero-order valence-electron chi connectivity index (χ0n) is 13.0. The maximum Gasteiger partial charge on any atom is 0.349 e. The molecule has 0 amide bonds. The SMILES string of the molecule is CCOc1cc(C#N)ccc1OC(=O)COc1ccccc1C. The molecule has 118 valence electrons. The van der Waals surface area contributed by atoms with Gasteiger partial charge in [0.1, 0.15) is 5.75 Å². The maximum absolute atomic E-state index is 11.9. The van der Waals surface area contributed by atoms with Crippen LogP contribution in [0.4, 0.5) is 0 Å². The van der Waals surface area contributed by atoms with Crippen LogP contribution in [0.2, 0.25) is 0 Å². The van der Waals surface area contributed by atoms with Gasteiger partial charge in [-0.15, -0.1) is 0 Å². The van der Waals surface area contributed by atoms with Crippen LogP contribution in [0, 0.1) is 18.3 Å². The average molecular weight is 311 g/mol. The molecule has 0 aliphatic rings. The van der Waals surface area contributed by atoms with Gasteiger partial charge in [0.2, 0.25) is 0 Å². The van der Waals surface area contributed by atoms with Crippen molar-refractivity contribution in [2.45, 2.75) is 13.8 Å². The van der Waals surface area contributed by atoms with E-state index in [0.29, 0.717) is 23.7 Å². The fourth-order valence-corrected chi connectivity index (χ4v) is 1.94. The Morgan fingerprint density at radius 2 is 1.87 bits per heavy atom. The predicted octanol–water partition coefficient (Wildman–Crippen LogP) is 3.25. The molecule has 0 aliphatic carbocycles. The number of rotatable bonds is 6. The van der Waals surface area contributed by atoms with E-state index in [9.17, 15) is 4.79 Å². The number of hydrogen-bond donors (Lipinski definition) is 0. The van der Waals surface area contributed by atoms with Crippen molar-refractivity contribution in [1.29, 1.82) is 5.26 Å². The van der Waals surface area contributed by atoms with E-state index in [2.05, 4.69) is 0 Å². The molecule has 0 saturated carbocycles. The third kappa shape index (κ3) is 4.48. The first kappa shape index (κ1) is 16.4. The third-order valence-corrected chi connectivity index (χ3v) is 3.04. The molecule has 2 aromatic rings. The zero-order valence-corrected chi connectivity index (χ0v) is 13.0. The van der Waals surface area contributed by atoms with Crippen LogP contribution in [0.5, 0.6) is 17.2 Å². The van der Waals surface area contributed by atoms with Gasteiger partial charge in [-0.05, 0) is 37.6 Å². The van der Waals surface area contributed by atoms with Crippen molar-refractivity contribution in [3.8, 4) is 23.3 Å². The lowest BCUT2D eigenvalue weighted by Crippen LogP contribution is -2.18. The van der Waals surface area contributed by atoms with Gasteiger partial charge in [0.15, 0.2) is 18.1 Å². The summed E-state index contributed by atoms with van der Waals surface area (Å²) in [6.45, 7) is 3.90. The third-order valence-electron chi connectivity index (χ3n) is 3.04. The van der Waals surface area contributed by atoms with Crippen LogP contribution in [0.1, 0.15) is 18.1 Å². The summed E-state index contributed by atoms with van der Waals surface area (Å²) in [5.41, 5.74) is 1.37. The number of aryl methyl sites for hydroxylation is 1. The molecule has 0 aromatic heterocycles. The van der Waals surface area contributed by atoms with Crippen molar-refractivity contribution in [1.82, 2.24) is 0 Å². The first-order valence-corrected chi connectivity index (χ1v) is 7.20. The van der Waals surface area contributed by atoms with Crippen molar-refractivity contribution in [3.05, 3.63) is 53.6 Å². The Balaban J connectivity index is 2.02. The summed E-state index contributed by atoms with van der Waals surface area (Å²) < 4.78 is 16.1. The van der Waals surface area contributed by atoms with E-state index in [1.54, 1.807) is 12.1 Å². The van der Waals surface area contributed by atoms with Gasteiger partial charge < -0.3 is 14.2 Å². The van der Waals surface area contributed by atoms with E-state index in [1.165, 1.54) is 12.1 Å². The summed E-state index contributed by atoms with van der Waals surface area (Å²) >= 11 is 0.